The number of carbonyl (C=O) groups is 1. The van der Waals surface area contributed by atoms with Gasteiger partial charge in [0.15, 0.2) is 5.82 Å². The molecule has 1 aliphatic heterocycles. The van der Waals surface area contributed by atoms with Gasteiger partial charge in [0.1, 0.15) is 23.8 Å². The van der Waals surface area contributed by atoms with E-state index in [0.717, 1.165) is 22.4 Å². The van der Waals surface area contributed by atoms with Crippen molar-refractivity contribution in [3.63, 3.8) is 0 Å². The lowest BCUT2D eigenvalue weighted by Gasteiger charge is -2.24. The number of anilines is 1. The molecule has 0 radical (unpaired) electrons. The van der Waals surface area contributed by atoms with Gasteiger partial charge in [0.05, 0.1) is 18.8 Å². The number of allylic oxidation sites excluding steroid dienone is 1. The van der Waals surface area contributed by atoms with Gasteiger partial charge in [0.25, 0.3) is 0 Å². The molecule has 2 aromatic rings. The van der Waals surface area contributed by atoms with Crippen LogP contribution in [0.4, 0.5) is 10.6 Å². The summed E-state index contributed by atoms with van der Waals surface area (Å²) in [6.07, 6.45) is 2.70. The number of aliphatic hydroxyl groups is 1. The number of rotatable bonds is 5. The third-order valence-electron chi connectivity index (χ3n) is 5.33. The molecule has 170 valence electrons. The van der Waals surface area contributed by atoms with E-state index in [9.17, 15) is 9.90 Å². The number of aromatic nitrogens is 2. The smallest absolute Gasteiger partial charge is 0.416 e. The summed E-state index contributed by atoms with van der Waals surface area (Å²) in [6.45, 7) is 6.27. The van der Waals surface area contributed by atoms with Gasteiger partial charge in [0.2, 0.25) is 5.88 Å². The van der Waals surface area contributed by atoms with Crippen LogP contribution in [0.5, 0.6) is 11.6 Å². The van der Waals surface area contributed by atoms with Crippen molar-refractivity contribution >= 4 is 17.5 Å². The maximum absolute atomic E-state index is 12.8. The van der Waals surface area contributed by atoms with Crippen LogP contribution in [0.2, 0.25) is 0 Å². The molecule has 0 saturated heterocycles. The van der Waals surface area contributed by atoms with Crippen LogP contribution >= 0.6 is 0 Å². The fourth-order valence-corrected chi connectivity index (χ4v) is 3.74. The highest BCUT2D eigenvalue weighted by Crippen LogP contribution is 2.37. The molecule has 1 unspecified atom stereocenters. The van der Waals surface area contributed by atoms with E-state index < -0.39 is 17.8 Å². The summed E-state index contributed by atoms with van der Waals surface area (Å²) in [5, 5.41) is 9.93. The third-order valence-corrected chi connectivity index (χ3v) is 5.33. The molecule has 1 atom stereocenters. The standard InChI is InChI=1S/C24H29N3O5/c1-24(2,3)32-23(29)27-12-11-19-21(27)25-20(16-7-8-17(28)13-16)26-22(19)31-14-15-5-9-18(30-4)10-6-15/h5-6,9-10,13,17,28H,7-8,11-12,14H2,1-4H3. The normalized spacial score (nSPS) is 17.7. The van der Waals surface area contributed by atoms with E-state index in [1.165, 1.54) is 4.90 Å². The number of carbonyl (C=O) groups excluding carboxylic acids is 1. The monoisotopic (exact) mass is 439 g/mol. The first-order chi connectivity index (χ1) is 15.2. The summed E-state index contributed by atoms with van der Waals surface area (Å²) in [6, 6.07) is 7.63. The van der Waals surface area contributed by atoms with Gasteiger partial charge in [-0.2, -0.15) is 4.98 Å². The van der Waals surface area contributed by atoms with E-state index in [0.29, 0.717) is 49.9 Å². The van der Waals surface area contributed by atoms with Crippen LogP contribution in [-0.2, 0) is 17.8 Å². The maximum atomic E-state index is 12.8. The zero-order chi connectivity index (χ0) is 22.9. The van der Waals surface area contributed by atoms with Crippen molar-refractivity contribution < 1.29 is 24.1 Å². The Kier molecular flexibility index (Phi) is 6.06. The largest absolute Gasteiger partial charge is 0.497 e. The van der Waals surface area contributed by atoms with Gasteiger partial charge in [-0.1, -0.05) is 12.1 Å². The van der Waals surface area contributed by atoms with Gasteiger partial charge < -0.3 is 19.3 Å². The van der Waals surface area contributed by atoms with Crippen LogP contribution in [0.15, 0.2) is 30.3 Å². The lowest BCUT2D eigenvalue weighted by molar-refractivity contribution is 0.0583. The molecule has 0 fully saturated rings. The highest BCUT2D eigenvalue weighted by atomic mass is 16.6. The number of aliphatic hydroxyl groups excluding tert-OH is 1. The molecule has 0 bridgehead atoms. The van der Waals surface area contributed by atoms with E-state index in [2.05, 4.69) is 9.97 Å². The molecular weight excluding hydrogens is 410 g/mol. The molecule has 1 aliphatic carbocycles. The Hall–Kier alpha value is -3.13. The van der Waals surface area contributed by atoms with Gasteiger partial charge in [-0.25, -0.2) is 9.78 Å². The second kappa shape index (κ2) is 8.78. The van der Waals surface area contributed by atoms with Gasteiger partial charge >= 0.3 is 6.09 Å². The fraction of sp³-hybridized carbons (Fsp3) is 0.458. The molecular formula is C24H29N3O5. The van der Waals surface area contributed by atoms with E-state index in [4.69, 9.17) is 14.2 Å². The number of fused-ring (bicyclic) bond motifs is 1. The molecule has 1 amide bonds. The number of hydrogen-bond donors (Lipinski definition) is 1. The first kappa shape index (κ1) is 22.1. The Morgan fingerprint density at radius 3 is 2.56 bits per heavy atom. The average molecular weight is 440 g/mol. The van der Waals surface area contributed by atoms with Crippen LogP contribution in [0.3, 0.4) is 0 Å². The number of methoxy groups -OCH3 is 1. The van der Waals surface area contributed by atoms with Crippen molar-refractivity contribution in [1.82, 2.24) is 9.97 Å². The van der Waals surface area contributed by atoms with Crippen LogP contribution < -0.4 is 14.4 Å². The Morgan fingerprint density at radius 1 is 1.19 bits per heavy atom. The predicted molar refractivity (Wildman–Crippen MR) is 120 cm³/mol. The first-order valence-corrected chi connectivity index (χ1v) is 10.8. The Bertz CT molecular complexity index is 1030. The number of benzene rings is 1. The summed E-state index contributed by atoms with van der Waals surface area (Å²) in [7, 11) is 1.63. The highest BCUT2D eigenvalue weighted by molar-refractivity contribution is 5.90. The number of amides is 1. The first-order valence-electron chi connectivity index (χ1n) is 10.8. The SMILES string of the molecule is COc1ccc(COc2nc(C3=CC(O)CC3)nc3c2CCN3C(=O)OC(C)(C)C)cc1. The number of hydrogen-bond acceptors (Lipinski definition) is 7. The zero-order valence-electron chi connectivity index (χ0n) is 18.9. The molecule has 1 aromatic heterocycles. The molecule has 32 heavy (non-hydrogen) atoms. The van der Waals surface area contributed by atoms with Gasteiger partial charge in [-0.3, -0.25) is 4.90 Å². The molecule has 4 rings (SSSR count). The molecule has 2 heterocycles. The molecule has 0 spiro atoms. The molecule has 0 saturated carbocycles. The van der Waals surface area contributed by atoms with Crippen LogP contribution in [0, 0.1) is 0 Å². The van der Waals surface area contributed by atoms with Crippen molar-refractivity contribution in [3.8, 4) is 11.6 Å². The zero-order valence-corrected chi connectivity index (χ0v) is 18.9. The number of ether oxygens (including phenoxy) is 3. The minimum absolute atomic E-state index is 0.320. The van der Waals surface area contributed by atoms with Crippen LogP contribution in [0.25, 0.3) is 5.57 Å². The summed E-state index contributed by atoms with van der Waals surface area (Å²) < 4.78 is 16.9. The second-order valence-corrected chi connectivity index (χ2v) is 8.97. The van der Waals surface area contributed by atoms with Crippen molar-refractivity contribution in [2.75, 3.05) is 18.6 Å². The fourth-order valence-electron chi connectivity index (χ4n) is 3.74. The highest BCUT2D eigenvalue weighted by Gasteiger charge is 2.34. The molecule has 1 aromatic carbocycles. The topological polar surface area (TPSA) is 94.0 Å². The molecule has 1 N–H and O–H groups in total. The predicted octanol–water partition coefficient (Wildman–Crippen LogP) is 3.90. The summed E-state index contributed by atoms with van der Waals surface area (Å²) in [5.41, 5.74) is 2.00. The summed E-state index contributed by atoms with van der Waals surface area (Å²) in [5.74, 6) is 2.21. The Labute approximate surface area is 187 Å². The van der Waals surface area contributed by atoms with Gasteiger partial charge in [-0.15, -0.1) is 0 Å². The van der Waals surface area contributed by atoms with Crippen molar-refractivity contribution in [3.05, 3.63) is 47.3 Å². The summed E-state index contributed by atoms with van der Waals surface area (Å²) >= 11 is 0. The van der Waals surface area contributed by atoms with E-state index in [1.54, 1.807) is 13.2 Å². The van der Waals surface area contributed by atoms with E-state index in [1.807, 2.05) is 45.0 Å². The van der Waals surface area contributed by atoms with Crippen LogP contribution in [-0.4, -0.2) is 46.5 Å². The van der Waals surface area contributed by atoms with E-state index >= 15 is 0 Å². The Morgan fingerprint density at radius 2 is 1.94 bits per heavy atom. The lowest BCUT2D eigenvalue weighted by atomic mass is 10.2. The van der Waals surface area contributed by atoms with Crippen LogP contribution in [0.1, 0.15) is 50.6 Å². The van der Waals surface area contributed by atoms with E-state index in [-0.39, 0.29) is 0 Å². The summed E-state index contributed by atoms with van der Waals surface area (Å²) in [4.78, 5) is 23.7. The number of nitrogens with zero attached hydrogens (tertiary/aromatic N) is 3. The minimum Gasteiger partial charge on any atom is -0.497 e. The minimum atomic E-state index is -0.610. The Balaban J connectivity index is 1.64. The average Bonchev–Trinajstić information content (AvgIpc) is 3.37. The molecule has 2 aliphatic rings. The van der Waals surface area contributed by atoms with Gasteiger partial charge in [0, 0.05) is 6.54 Å². The van der Waals surface area contributed by atoms with Crippen molar-refractivity contribution in [1.29, 1.82) is 0 Å². The lowest BCUT2D eigenvalue weighted by Crippen LogP contribution is -2.36. The molecule has 8 heteroatoms. The second-order valence-electron chi connectivity index (χ2n) is 8.97. The molecule has 8 nitrogen and oxygen atoms in total. The van der Waals surface area contributed by atoms with Gasteiger partial charge in [-0.05, 0) is 69.4 Å². The quantitative estimate of drug-likeness (QED) is 0.755. The van der Waals surface area contributed by atoms with Crippen molar-refractivity contribution in [2.45, 2.75) is 58.3 Å². The third kappa shape index (κ3) is 4.85. The van der Waals surface area contributed by atoms with Crippen molar-refractivity contribution in [2.24, 2.45) is 0 Å². The maximum Gasteiger partial charge on any atom is 0.416 e.